The fraction of sp³-hybridized carbons (Fsp3) is 0.643. The number of nitrogens with zero attached hydrogens (tertiary/aromatic N) is 2. The predicted molar refractivity (Wildman–Crippen MR) is 70.6 cm³/mol. The molecule has 0 radical (unpaired) electrons. The van der Waals surface area contributed by atoms with Crippen LogP contribution in [0.3, 0.4) is 0 Å². The van der Waals surface area contributed by atoms with Crippen molar-refractivity contribution in [1.29, 1.82) is 0 Å². The van der Waals surface area contributed by atoms with Crippen LogP contribution < -0.4 is 5.73 Å². The van der Waals surface area contributed by atoms with Gasteiger partial charge in [-0.15, -0.1) is 0 Å². The van der Waals surface area contributed by atoms with Gasteiger partial charge in [-0.1, -0.05) is 6.42 Å². The van der Waals surface area contributed by atoms with Crippen molar-refractivity contribution in [2.45, 2.75) is 51.2 Å². The largest absolute Gasteiger partial charge is 0.329 e. The number of likely N-dealkylation sites (tertiary alicyclic amines) is 1. The van der Waals surface area contributed by atoms with Crippen LogP contribution in [0.5, 0.6) is 0 Å². The van der Waals surface area contributed by atoms with Crippen LogP contribution in [-0.4, -0.2) is 28.5 Å². The van der Waals surface area contributed by atoms with Gasteiger partial charge in [0, 0.05) is 37.1 Å². The van der Waals surface area contributed by atoms with Crippen LogP contribution in [0, 0.1) is 0 Å². The quantitative estimate of drug-likeness (QED) is 0.871. The highest BCUT2D eigenvalue weighted by atomic mass is 15.2. The lowest BCUT2D eigenvalue weighted by Gasteiger charge is -2.44. The molecular weight excluding hydrogens is 210 g/mol. The Hall–Kier alpha value is -0.930. The molecule has 2 N–H and O–H groups in total. The van der Waals surface area contributed by atoms with Gasteiger partial charge in [0.1, 0.15) is 0 Å². The molecule has 3 atom stereocenters. The second-order valence-corrected chi connectivity index (χ2v) is 5.07. The second kappa shape index (κ2) is 5.61. The third kappa shape index (κ3) is 2.67. The first-order valence-corrected chi connectivity index (χ1v) is 6.61. The van der Waals surface area contributed by atoms with Gasteiger partial charge in [0.15, 0.2) is 0 Å². The Bertz CT molecular complexity index is 339. The second-order valence-electron chi connectivity index (χ2n) is 5.07. The fourth-order valence-corrected chi connectivity index (χ4v) is 3.06. The van der Waals surface area contributed by atoms with Crippen LogP contribution in [0.4, 0.5) is 0 Å². The maximum absolute atomic E-state index is 5.92. The SMILES string of the molecule is CC1CCCC(CN)N1C(C)c1ccncc1. The lowest BCUT2D eigenvalue weighted by atomic mass is 9.92. The molecule has 3 unspecified atom stereocenters. The van der Waals surface area contributed by atoms with E-state index in [0.29, 0.717) is 18.1 Å². The van der Waals surface area contributed by atoms with E-state index >= 15 is 0 Å². The summed E-state index contributed by atoms with van der Waals surface area (Å²) in [6.07, 6.45) is 7.57. The number of pyridine rings is 1. The smallest absolute Gasteiger partial charge is 0.0327 e. The van der Waals surface area contributed by atoms with Crippen LogP contribution in [0.25, 0.3) is 0 Å². The number of piperidine rings is 1. The highest BCUT2D eigenvalue weighted by molar-refractivity contribution is 5.15. The standard InChI is InChI=1S/C14H23N3/c1-11-4-3-5-14(10-15)17(11)12(2)13-6-8-16-9-7-13/h6-9,11-12,14H,3-5,10,15H2,1-2H3. The van der Waals surface area contributed by atoms with Crippen molar-refractivity contribution >= 4 is 0 Å². The molecule has 2 rings (SSSR count). The van der Waals surface area contributed by atoms with Crippen molar-refractivity contribution in [1.82, 2.24) is 9.88 Å². The van der Waals surface area contributed by atoms with Gasteiger partial charge in [-0.05, 0) is 44.4 Å². The van der Waals surface area contributed by atoms with Crippen LogP contribution in [0.15, 0.2) is 24.5 Å². The van der Waals surface area contributed by atoms with Gasteiger partial charge < -0.3 is 5.73 Å². The van der Waals surface area contributed by atoms with Crippen molar-refractivity contribution in [3.05, 3.63) is 30.1 Å². The number of aromatic nitrogens is 1. The van der Waals surface area contributed by atoms with Gasteiger partial charge in [0.25, 0.3) is 0 Å². The average Bonchev–Trinajstić information content (AvgIpc) is 2.38. The van der Waals surface area contributed by atoms with E-state index in [4.69, 9.17) is 5.73 Å². The summed E-state index contributed by atoms with van der Waals surface area (Å²) in [7, 11) is 0. The Balaban J connectivity index is 2.18. The number of rotatable bonds is 3. The Kier molecular flexibility index (Phi) is 4.13. The minimum Gasteiger partial charge on any atom is -0.329 e. The van der Waals surface area contributed by atoms with Crippen molar-refractivity contribution in [2.75, 3.05) is 6.54 Å². The molecule has 17 heavy (non-hydrogen) atoms. The summed E-state index contributed by atoms with van der Waals surface area (Å²) in [4.78, 5) is 6.67. The maximum atomic E-state index is 5.92. The van der Waals surface area contributed by atoms with E-state index in [1.54, 1.807) is 0 Å². The van der Waals surface area contributed by atoms with Crippen LogP contribution in [0.1, 0.15) is 44.7 Å². The van der Waals surface area contributed by atoms with E-state index < -0.39 is 0 Å². The lowest BCUT2D eigenvalue weighted by Crippen LogP contribution is -2.49. The molecule has 1 aromatic heterocycles. The number of nitrogens with two attached hydrogens (primary N) is 1. The Morgan fingerprint density at radius 1 is 1.41 bits per heavy atom. The van der Waals surface area contributed by atoms with E-state index in [0.717, 1.165) is 6.54 Å². The molecule has 94 valence electrons. The van der Waals surface area contributed by atoms with Gasteiger partial charge >= 0.3 is 0 Å². The zero-order valence-corrected chi connectivity index (χ0v) is 10.8. The van der Waals surface area contributed by atoms with Gasteiger partial charge in [-0.25, -0.2) is 0 Å². The summed E-state index contributed by atoms with van der Waals surface area (Å²) < 4.78 is 0. The molecule has 2 heterocycles. The monoisotopic (exact) mass is 233 g/mol. The zero-order valence-electron chi connectivity index (χ0n) is 10.8. The molecular formula is C14H23N3. The molecule has 3 nitrogen and oxygen atoms in total. The van der Waals surface area contributed by atoms with Gasteiger partial charge in [0.05, 0.1) is 0 Å². The molecule has 0 aromatic carbocycles. The van der Waals surface area contributed by atoms with Crippen LogP contribution in [-0.2, 0) is 0 Å². The fourth-order valence-electron chi connectivity index (χ4n) is 3.06. The minimum absolute atomic E-state index is 0.432. The molecule has 1 aliphatic rings. The molecule has 0 aliphatic carbocycles. The van der Waals surface area contributed by atoms with E-state index in [-0.39, 0.29) is 0 Å². The number of hydrogen-bond acceptors (Lipinski definition) is 3. The van der Waals surface area contributed by atoms with E-state index in [9.17, 15) is 0 Å². The van der Waals surface area contributed by atoms with Crippen molar-refractivity contribution in [3.63, 3.8) is 0 Å². The lowest BCUT2D eigenvalue weighted by molar-refractivity contribution is 0.0570. The topological polar surface area (TPSA) is 42.1 Å². The van der Waals surface area contributed by atoms with Gasteiger partial charge in [-0.3, -0.25) is 9.88 Å². The summed E-state index contributed by atoms with van der Waals surface area (Å²) in [6.45, 7) is 5.36. The highest BCUT2D eigenvalue weighted by Gasteiger charge is 2.31. The first-order valence-electron chi connectivity index (χ1n) is 6.61. The molecule has 0 amide bonds. The van der Waals surface area contributed by atoms with Gasteiger partial charge in [0.2, 0.25) is 0 Å². The summed E-state index contributed by atoms with van der Waals surface area (Å²) in [5.74, 6) is 0. The zero-order chi connectivity index (χ0) is 12.3. The van der Waals surface area contributed by atoms with Crippen molar-refractivity contribution < 1.29 is 0 Å². The normalized spacial score (nSPS) is 27.9. The van der Waals surface area contributed by atoms with Crippen molar-refractivity contribution in [3.8, 4) is 0 Å². The van der Waals surface area contributed by atoms with Gasteiger partial charge in [-0.2, -0.15) is 0 Å². The minimum atomic E-state index is 0.432. The highest BCUT2D eigenvalue weighted by Crippen LogP contribution is 2.31. The maximum Gasteiger partial charge on any atom is 0.0327 e. The van der Waals surface area contributed by atoms with Crippen LogP contribution >= 0.6 is 0 Å². The molecule has 1 fully saturated rings. The molecule has 1 saturated heterocycles. The Labute approximate surface area is 104 Å². The third-order valence-corrected chi connectivity index (χ3v) is 4.00. The Morgan fingerprint density at radius 2 is 2.12 bits per heavy atom. The molecule has 0 saturated carbocycles. The molecule has 3 heteroatoms. The summed E-state index contributed by atoms with van der Waals surface area (Å²) in [5, 5.41) is 0. The average molecular weight is 233 g/mol. The summed E-state index contributed by atoms with van der Waals surface area (Å²) in [6, 6.07) is 5.81. The van der Waals surface area contributed by atoms with E-state index in [1.807, 2.05) is 12.4 Å². The van der Waals surface area contributed by atoms with Crippen molar-refractivity contribution in [2.24, 2.45) is 5.73 Å². The first-order chi connectivity index (χ1) is 8.24. The summed E-state index contributed by atoms with van der Waals surface area (Å²) in [5.41, 5.74) is 7.26. The van der Waals surface area contributed by atoms with E-state index in [1.165, 1.54) is 24.8 Å². The molecule has 0 bridgehead atoms. The third-order valence-electron chi connectivity index (χ3n) is 4.00. The number of hydrogen-bond donors (Lipinski definition) is 1. The predicted octanol–water partition coefficient (Wildman–Crippen LogP) is 2.34. The van der Waals surface area contributed by atoms with E-state index in [2.05, 4.69) is 35.9 Å². The van der Waals surface area contributed by atoms with Crippen LogP contribution in [0.2, 0.25) is 0 Å². The summed E-state index contributed by atoms with van der Waals surface area (Å²) >= 11 is 0. The molecule has 1 aliphatic heterocycles. The molecule has 1 aromatic rings. The Morgan fingerprint density at radius 3 is 2.76 bits per heavy atom. The first kappa shape index (κ1) is 12.5. The molecule has 0 spiro atoms.